The van der Waals surface area contributed by atoms with Crippen LogP contribution in [-0.4, -0.2) is 24.2 Å². The van der Waals surface area contributed by atoms with Gasteiger partial charge in [-0.1, -0.05) is 12.1 Å². The molecule has 0 aliphatic carbocycles. The van der Waals surface area contributed by atoms with Gasteiger partial charge in [-0.2, -0.15) is 0 Å². The molecule has 9 heteroatoms. The molecule has 0 spiro atoms. The fraction of sp³-hybridized carbons (Fsp3) is 0.333. The van der Waals surface area contributed by atoms with E-state index in [-0.39, 0.29) is 11.4 Å². The molecule has 24 heavy (non-hydrogen) atoms. The molecule has 2 rings (SSSR count). The lowest BCUT2D eigenvalue weighted by Crippen LogP contribution is -2.42. The molecule has 1 aromatic carbocycles. The number of hydrogen-bond donors (Lipinski definition) is 1. The molecular formula is C15H19N3O5S. The van der Waals surface area contributed by atoms with E-state index in [1.165, 1.54) is 27.1 Å². The Morgan fingerprint density at radius 3 is 2.38 bits per heavy atom. The lowest BCUT2D eigenvalue weighted by atomic mass is 10.3. The van der Waals surface area contributed by atoms with Crippen LogP contribution in [0.25, 0.3) is 0 Å². The molecular weight excluding hydrogens is 334 g/mol. The normalized spacial score (nSPS) is 11.3. The molecule has 0 amide bonds. The second kappa shape index (κ2) is 6.52. The monoisotopic (exact) mass is 353 g/mol. The lowest BCUT2D eigenvalue weighted by Gasteiger charge is -2.15. The highest BCUT2D eigenvalue weighted by Gasteiger charge is 2.26. The van der Waals surface area contributed by atoms with Gasteiger partial charge in [0, 0.05) is 19.8 Å². The lowest BCUT2D eigenvalue weighted by molar-refractivity contribution is 0.342. The van der Waals surface area contributed by atoms with E-state index in [9.17, 15) is 18.0 Å². The van der Waals surface area contributed by atoms with Gasteiger partial charge in [0.25, 0.3) is 15.6 Å². The second-order valence-electron chi connectivity index (χ2n) is 5.15. The van der Waals surface area contributed by atoms with Gasteiger partial charge in [0.2, 0.25) is 0 Å². The number of anilines is 1. The Hall–Kier alpha value is -2.55. The van der Waals surface area contributed by atoms with Gasteiger partial charge in [-0.3, -0.25) is 18.7 Å². The first-order chi connectivity index (χ1) is 11.2. The van der Waals surface area contributed by atoms with Crippen LogP contribution in [0.5, 0.6) is 5.75 Å². The smallest absolute Gasteiger partial charge is 0.330 e. The molecule has 0 saturated carbocycles. The molecule has 1 aromatic heterocycles. The molecule has 2 aromatic rings. The van der Waals surface area contributed by atoms with Gasteiger partial charge in [0.15, 0.2) is 4.90 Å². The molecule has 1 N–H and O–H groups in total. The van der Waals surface area contributed by atoms with Crippen molar-refractivity contribution >= 4 is 15.7 Å². The van der Waals surface area contributed by atoms with Crippen LogP contribution in [0, 0.1) is 6.92 Å². The molecule has 0 fully saturated rings. The molecule has 130 valence electrons. The summed E-state index contributed by atoms with van der Waals surface area (Å²) in [5, 5.41) is 0. The number of nitrogens with zero attached hydrogens (tertiary/aromatic N) is 2. The van der Waals surface area contributed by atoms with E-state index in [2.05, 4.69) is 4.72 Å². The summed E-state index contributed by atoms with van der Waals surface area (Å²) in [6.07, 6.45) is 0. The fourth-order valence-corrected chi connectivity index (χ4v) is 3.71. The summed E-state index contributed by atoms with van der Waals surface area (Å²) < 4.78 is 35.1. The number of rotatable bonds is 5. The van der Waals surface area contributed by atoms with E-state index in [4.69, 9.17) is 4.74 Å². The first kappa shape index (κ1) is 17.8. The van der Waals surface area contributed by atoms with E-state index >= 15 is 0 Å². The third-order valence-electron chi connectivity index (χ3n) is 3.60. The van der Waals surface area contributed by atoms with Crippen LogP contribution < -0.4 is 20.7 Å². The predicted molar refractivity (Wildman–Crippen MR) is 90.1 cm³/mol. The minimum absolute atomic E-state index is 0.0597. The molecule has 0 bridgehead atoms. The van der Waals surface area contributed by atoms with E-state index < -0.39 is 26.2 Å². The highest BCUT2D eigenvalue weighted by atomic mass is 32.2. The van der Waals surface area contributed by atoms with Crippen molar-refractivity contribution < 1.29 is 13.2 Å². The van der Waals surface area contributed by atoms with Crippen LogP contribution in [0.3, 0.4) is 0 Å². The van der Waals surface area contributed by atoms with Crippen LogP contribution in [0.1, 0.15) is 12.6 Å². The standard InChI is InChI=1S/C15H19N3O5S/c1-5-23-12-9-7-6-8-11(12)16-24(21,22)13-10(2)17(3)15(20)18(4)14(13)19/h6-9,16H,5H2,1-4H3. The Labute approximate surface area is 139 Å². The predicted octanol–water partition coefficient (Wildman–Crippen LogP) is 0.592. The summed E-state index contributed by atoms with van der Waals surface area (Å²) >= 11 is 0. The van der Waals surface area contributed by atoms with Crippen LogP contribution in [0.4, 0.5) is 5.69 Å². The van der Waals surface area contributed by atoms with Gasteiger partial charge in [-0.25, -0.2) is 13.2 Å². The summed E-state index contributed by atoms with van der Waals surface area (Å²) in [5.74, 6) is 0.350. The van der Waals surface area contributed by atoms with Gasteiger partial charge < -0.3 is 4.74 Å². The summed E-state index contributed by atoms with van der Waals surface area (Å²) in [6, 6.07) is 6.50. The van der Waals surface area contributed by atoms with Gasteiger partial charge in [0.1, 0.15) is 5.75 Å². The largest absolute Gasteiger partial charge is 0.492 e. The van der Waals surface area contributed by atoms with E-state index in [0.29, 0.717) is 12.4 Å². The van der Waals surface area contributed by atoms with Gasteiger partial charge in [-0.05, 0) is 26.0 Å². The quantitative estimate of drug-likeness (QED) is 0.848. The maximum atomic E-state index is 12.7. The summed E-state index contributed by atoms with van der Waals surface area (Å²) in [4.78, 5) is 23.7. The Morgan fingerprint density at radius 2 is 1.75 bits per heavy atom. The Bertz CT molecular complexity index is 989. The summed E-state index contributed by atoms with van der Waals surface area (Å²) in [6.45, 7) is 3.54. The van der Waals surface area contributed by atoms with Crippen LogP contribution >= 0.6 is 0 Å². The van der Waals surface area contributed by atoms with Crippen molar-refractivity contribution in [3.05, 3.63) is 50.8 Å². The van der Waals surface area contributed by atoms with Crippen LogP contribution in [0.15, 0.2) is 38.8 Å². The number of hydrogen-bond acceptors (Lipinski definition) is 5. The number of nitrogens with one attached hydrogen (secondary N) is 1. The molecule has 0 saturated heterocycles. The number of para-hydroxylation sites is 2. The minimum Gasteiger partial charge on any atom is -0.492 e. The van der Waals surface area contributed by atoms with Gasteiger partial charge in [0.05, 0.1) is 12.3 Å². The van der Waals surface area contributed by atoms with Crippen molar-refractivity contribution in [1.29, 1.82) is 0 Å². The highest BCUT2D eigenvalue weighted by molar-refractivity contribution is 7.92. The number of sulfonamides is 1. The second-order valence-corrected chi connectivity index (χ2v) is 6.77. The molecule has 0 unspecified atom stereocenters. The minimum atomic E-state index is -4.20. The fourth-order valence-electron chi connectivity index (χ4n) is 2.25. The molecule has 0 aliphatic rings. The van der Waals surface area contributed by atoms with Gasteiger partial charge >= 0.3 is 5.69 Å². The van der Waals surface area contributed by atoms with Crippen molar-refractivity contribution in [2.24, 2.45) is 14.1 Å². The SMILES string of the molecule is CCOc1ccccc1NS(=O)(=O)c1c(C)n(C)c(=O)n(C)c1=O. The third-order valence-corrected chi connectivity index (χ3v) is 5.10. The van der Waals surface area contributed by atoms with E-state index in [0.717, 1.165) is 9.13 Å². The summed E-state index contributed by atoms with van der Waals surface area (Å²) in [5.41, 5.74) is -1.19. The molecule has 0 atom stereocenters. The average Bonchev–Trinajstić information content (AvgIpc) is 2.53. The van der Waals surface area contributed by atoms with E-state index in [1.807, 2.05) is 0 Å². The molecule has 0 aliphatic heterocycles. The van der Waals surface area contributed by atoms with Crippen LogP contribution in [-0.2, 0) is 24.1 Å². The molecule has 0 radical (unpaired) electrons. The Morgan fingerprint density at radius 1 is 1.12 bits per heavy atom. The number of aromatic nitrogens is 2. The van der Waals surface area contributed by atoms with Crippen molar-refractivity contribution in [3.63, 3.8) is 0 Å². The first-order valence-electron chi connectivity index (χ1n) is 7.22. The number of ether oxygens (including phenoxy) is 1. The zero-order chi connectivity index (χ0) is 18.1. The maximum absolute atomic E-state index is 12.7. The third kappa shape index (κ3) is 3.07. The van der Waals surface area contributed by atoms with Gasteiger partial charge in [-0.15, -0.1) is 0 Å². The molecule has 1 heterocycles. The Balaban J connectivity index is 2.62. The highest BCUT2D eigenvalue weighted by Crippen LogP contribution is 2.26. The zero-order valence-corrected chi connectivity index (χ0v) is 14.7. The van der Waals surface area contributed by atoms with Crippen molar-refractivity contribution in [1.82, 2.24) is 9.13 Å². The topological polar surface area (TPSA) is 99.4 Å². The van der Waals surface area contributed by atoms with Crippen molar-refractivity contribution in [3.8, 4) is 5.75 Å². The maximum Gasteiger partial charge on any atom is 0.330 e. The Kier molecular flexibility index (Phi) is 4.83. The number of benzene rings is 1. The van der Waals surface area contributed by atoms with Crippen molar-refractivity contribution in [2.75, 3.05) is 11.3 Å². The molecule has 8 nitrogen and oxygen atoms in total. The van der Waals surface area contributed by atoms with Crippen molar-refractivity contribution in [2.45, 2.75) is 18.7 Å². The zero-order valence-electron chi connectivity index (χ0n) is 13.9. The first-order valence-corrected chi connectivity index (χ1v) is 8.70. The summed E-state index contributed by atoms with van der Waals surface area (Å²) in [7, 11) is -1.56. The van der Waals surface area contributed by atoms with E-state index in [1.54, 1.807) is 25.1 Å². The average molecular weight is 353 g/mol. The van der Waals surface area contributed by atoms with Crippen LogP contribution in [0.2, 0.25) is 0 Å².